The van der Waals surface area contributed by atoms with Crippen LogP contribution in [0.2, 0.25) is 0 Å². The molecule has 7 N–H and O–H groups in total. The Labute approximate surface area is 256 Å². The van der Waals surface area contributed by atoms with Gasteiger partial charge in [0.15, 0.2) is 29.3 Å². The van der Waals surface area contributed by atoms with Crippen LogP contribution < -0.4 is 10.1 Å². The number of ether oxygens (including phenoxy) is 1. The van der Waals surface area contributed by atoms with Crippen LogP contribution in [0.1, 0.15) is 85.0 Å². The summed E-state index contributed by atoms with van der Waals surface area (Å²) in [6, 6.07) is 5.06. The number of carbonyl (C=O) groups excluding carboxylic acids is 1. The summed E-state index contributed by atoms with van der Waals surface area (Å²) in [5.74, 6) is -2.13. The number of rotatable bonds is 7. The van der Waals surface area contributed by atoms with Gasteiger partial charge in [0.2, 0.25) is 6.29 Å². The van der Waals surface area contributed by atoms with Gasteiger partial charge in [0.1, 0.15) is 11.5 Å². The van der Waals surface area contributed by atoms with E-state index in [0.29, 0.717) is 50.3 Å². The maximum absolute atomic E-state index is 12.1. The van der Waals surface area contributed by atoms with E-state index >= 15 is 0 Å². The SMILES string of the molecule is Cc1cc2c(C(C)C)c(O)c(OC(O)C3CCNCC3)cc2c(O)c1-c1c(C)cc2c(C(C)C)c(O)c(O)c(C=O)c2c1O. The predicted molar refractivity (Wildman–Crippen MR) is 170 cm³/mol. The lowest BCUT2D eigenvalue weighted by Gasteiger charge is -2.28. The first-order valence-corrected chi connectivity index (χ1v) is 15.1. The molecule has 0 bridgehead atoms. The number of carbonyl (C=O) groups is 1. The third-order valence-electron chi connectivity index (χ3n) is 8.94. The highest BCUT2D eigenvalue weighted by molar-refractivity contribution is 6.12. The summed E-state index contributed by atoms with van der Waals surface area (Å²) in [4.78, 5) is 12.1. The second kappa shape index (κ2) is 11.7. The molecular weight excluding hydrogens is 562 g/mol. The Kier molecular flexibility index (Phi) is 8.31. The number of piperidine rings is 1. The molecule has 1 aliphatic heterocycles. The molecule has 0 amide bonds. The Hall–Kier alpha value is -4.21. The van der Waals surface area contributed by atoms with Crippen LogP contribution >= 0.6 is 0 Å². The van der Waals surface area contributed by atoms with E-state index in [2.05, 4.69) is 5.32 Å². The van der Waals surface area contributed by atoms with Crippen LogP contribution in [0.15, 0.2) is 18.2 Å². The number of aldehydes is 1. The third-order valence-corrected chi connectivity index (χ3v) is 8.94. The molecule has 0 aromatic heterocycles. The summed E-state index contributed by atoms with van der Waals surface area (Å²) in [5.41, 5.74) is 2.40. The molecule has 1 unspecified atom stereocenters. The zero-order valence-corrected chi connectivity index (χ0v) is 25.9. The molecule has 4 aromatic carbocycles. The van der Waals surface area contributed by atoms with Gasteiger partial charge in [-0.15, -0.1) is 0 Å². The Balaban J connectivity index is 1.80. The quantitative estimate of drug-likeness (QED) is 0.0705. The predicted octanol–water partition coefficient (Wildman–Crippen LogP) is 6.56. The first-order chi connectivity index (χ1) is 20.8. The van der Waals surface area contributed by atoms with Crippen LogP contribution in [0, 0.1) is 19.8 Å². The number of aliphatic hydroxyl groups excluding tert-OH is 1. The molecule has 234 valence electrons. The van der Waals surface area contributed by atoms with Crippen LogP contribution in [0.25, 0.3) is 32.7 Å². The third kappa shape index (κ3) is 4.94. The Morgan fingerprint density at radius 1 is 0.750 bits per heavy atom. The number of aliphatic hydroxyl groups is 1. The minimum absolute atomic E-state index is 0.0435. The lowest BCUT2D eigenvalue weighted by molar-refractivity contribution is -0.0714. The number of fused-ring (bicyclic) bond motifs is 2. The average molecular weight is 604 g/mol. The number of aromatic hydroxyl groups is 5. The summed E-state index contributed by atoms with van der Waals surface area (Å²) < 4.78 is 5.94. The fourth-order valence-electron chi connectivity index (χ4n) is 6.79. The molecule has 0 spiro atoms. The minimum Gasteiger partial charge on any atom is -0.507 e. The summed E-state index contributed by atoms with van der Waals surface area (Å²) >= 11 is 0. The largest absolute Gasteiger partial charge is 0.507 e. The number of nitrogens with one attached hydrogen (secondary N) is 1. The van der Waals surface area contributed by atoms with Gasteiger partial charge in [-0.05, 0) is 79.6 Å². The first-order valence-electron chi connectivity index (χ1n) is 15.1. The van der Waals surface area contributed by atoms with Gasteiger partial charge in [-0.3, -0.25) is 4.79 Å². The van der Waals surface area contributed by atoms with Crippen molar-refractivity contribution in [2.24, 2.45) is 5.92 Å². The number of hydrogen-bond acceptors (Lipinski definition) is 9. The molecule has 1 heterocycles. The standard InChI is InChI=1S/C35H41NO8/c1-15(2)25-20-11-17(5)27(30(38)21(20)13-24(32(25)40)44-35(43)19-7-9-36-10-8-19)28-18(6)12-22-26(16(3)4)34(42)31(39)23(14-37)29(22)33(28)41/h11-16,19,35-36,38-43H,7-10H2,1-6H3. The number of phenolic OH excluding ortho intramolecular Hbond substituents is 5. The topological polar surface area (TPSA) is 160 Å². The Morgan fingerprint density at radius 2 is 1.30 bits per heavy atom. The molecule has 0 aliphatic carbocycles. The maximum Gasteiger partial charge on any atom is 0.200 e. The van der Waals surface area contributed by atoms with E-state index in [1.54, 1.807) is 19.9 Å². The van der Waals surface area contributed by atoms with Gasteiger partial charge in [0.05, 0.1) is 5.56 Å². The van der Waals surface area contributed by atoms with Crippen molar-refractivity contribution >= 4 is 27.8 Å². The van der Waals surface area contributed by atoms with E-state index in [1.165, 1.54) is 6.07 Å². The smallest absolute Gasteiger partial charge is 0.200 e. The van der Waals surface area contributed by atoms with E-state index in [1.807, 2.05) is 33.8 Å². The molecule has 5 rings (SSSR count). The van der Waals surface area contributed by atoms with Gasteiger partial charge in [0.25, 0.3) is 0 Å². The second-order valence-electron chi connectivity index (χ2n) is 12.5. The Bertz CT molecular complexity index is 1790. The van der Waals surface area contributed by atoms with Gasteiger partial charge in [0, 0.05) is 38.9 Å². The Morgan fingerprint density at radius 3 is 1.86 bits per heavy atom. The molecule has 0 saturated carbocycles. The molecule has 1 atom stereocenters. The van der Waals surface area contributed by atoms with Crippen molar-refractivity contribution in [3.05, 3.63) is 46.0 Å². The molecule has 9 nitrogen and oxygen atoms in total. The van der Waals surface area contributed by atoms with Crippen LogP contribution in [-0.4, -0.2) is 56.3 Å². The summed E-state index contributed by atoms with van der Waals surface area (Å²) in [7, 11) is 0. The normalized spacial score (nSPS) is 15.0. The van der Waals surface area contributed by atoms with Crippen molar-refractivity contribution in [3.63, 3.8) is 0 Å². The number of aryl methyl sites for hydroxylation is 2. The molecule has 1 fully saturated rings. The van der Waals surface area contributed by atoms with Gasteiger partial charge in [-0.1, -0.05) is 39.8 Å². The summed E-state index contributed by atoms with van der Waals surface area (Å²) in [5, 5.41) is 72.0. The van der Waals surface area contributed by atoms with E-state index in [-0.39, 0.29) is 57.3 Å². The van der Waals surface area contributed by atoms with Gasteiger partial charge >= 0.3 is 0 Å². The average Bonchev–Trinajstić information content (AvgIpc) is 2.96. The summed E-state index contributed by atoms with van der Waals surface area (Å²) in [6.07, 6.45) is 0.676. The van der Waals surface area contributed by atoms with E-state index in [4.69, 9.17) is 4.74 Å². The number of benzene rings is 4. The highest BCUT2D eigenvalue weighted by atomic mass is 16.6. The zero-order valence-electron chi connectivity index (χ0n) is 25.9. The van der Waals surface area contributed by atoms with E-state index in [0.717, 1.165) is 25.9 Å². The first kappa shape index (κ1) is 31.2. The molecule has 1 saturated heterocycles. The summed E-state index contributed by atoms with van der Waals surface area (Å²) in [6.45, 7) is 12.5. The van der Waals surface area contributed by atoms with Crippen LogP contribution in [0.3, 0.4) is 0 Å². The number of hydrogen-bond donors (Lipinski definition) is 7. The second-order valence-corrected chi connectivity index (χ2v) is 12.5. The van der Waals surface area contributed by atoms with Gasteiger partial charge in [-0.2, -0.15) is 0 Å². The molecule has 9 heteroatoms. The number of phenols is 5. The van der Waals surface area contributed by atoms with Gasteiger partial charge < -0.3 is 40.7 Å². The highest BCUT2D eigenvalue weighted by Crippen LogP contribution is 2.53. The molecular formula is C35H41NO8. The lowest BCUT2D eigenvalue weighted by atomic mass is 9.84. The van der Waals surface area contributed by atoms with Crippen LogP contribution in [0.5, 0.6) is 34.5 Å². The molecule has 1 aliphatic rings. The van der Waals surface area contributed by atoms with Crippen molar-refractivity contribution in [1.29, 1.82) is 0 Å². The molecule has 44 heavy (non-hydrogen) atoms. The monoisotopic (exact) mass is 603 g/mol. The fourth-order valence-corrected chi connectivity index (χ4v) is 6.79. The maximum atomic E-state index is 12.1. The van der Waals surface area contributed by atoms with Crippen molar-refractivity contribution in [3.8, 4) is 45.6 Å². The van der Waals surface area contributed by atoms with Crippen molar-refractivity contribution in [1.82, 2.24) is 5.32 Å². The lowest BCUT2D eigenvalue weighted by Crippen LogP contribution is -2.36. The molecule has 0 radical (unpaired) electrons. The van der Waals surface area contributed by atoms with Crippen molar-refractivity contribution in [2.75, 3.05) is 13.1 Å². The highest BCUT2D eigenvalue weighted by Gasteiger charge is 2.30. The van der Waals surface area contributed by atoms with Crippen LogP contribution in [-0.2, 0) is 0 Å². The fraction of sp³-hybridized carbons (Fsp3) is 0.400. The van der Waals surface area contributed by atoms with E-state index < -0.39 is 17.8 Å². The molecule has 4 aromatic rings. The van der Waals surface area contributed by atoms with Crippen LogP contribution in [0.4, 0.5) is 0 Å². The minimum atomic E-state index is -1.15. The van der Waals surface area contributed by atoms with Crippen molar-refractivity contribution in [2.45, 2.75) is 72.5 Å². The van der Waals surface area contributed by atoms with Gasteiger partial charge in [-0.25, -0.2) is 0 Å². The van der Waals surface area contributed by atoms with Crippen molar-refractivity contribution < 1.29 is 40.2 Å². The zero-order chi connectivity index (χ0) is 32.2. The van der Waals surface area contributed by atoms with E-state index in [9.17, 15) is 35.4 Å².